The Morgan fingerprint density at radius 1 is 1.88 bits per heavy atom. The molecule has 2 nitrogen and oxygen atoms in total. The highest BCUT2D eigenvalue weighted by molar-refractivity contribution is 6.27. The highest BCUT2D eigenvalue weighted by Gasteiger charge is 2.04. The van der Waals surface area contributed by atoms with Gasteiger partial charge >= 0.3 is 5.97 Å². The van der Waals surface area contributed by atoms with Crippen molar-refractivity contribution in [1.29, 1.82) is 0 Å². The van der Waals surface area contributed by atoms with Gasteiger partial charge in [-0.15, -0.1) is 0 Å². The number of esters is 1. The first-order valence-corrected chi connectivity index (χ1v) is 2.20. The molecular weight excluding hydrogens is 134 g/mol. The molecule has 0 fully saturated rings. The number of halogens is 2. The van der Waals surface area contributed by atoms with Crippen LogP contribution in [0.25, 0.3) is 0 Å². The summed E-state index contributed by atoms with van der Waals surface area (Å²) in [6.07, 6.45) is 0. The molecule has 0 bridgehead atoms. The van der Waals surface area contributed by atoms with E-state index < -0.39 is 11.8 Å². The standard InChI is InChI=1S/C4H4ClFO2/c1-8-4(7)3(6)2-5/h2H,1H3. The number of hydrogen-bond acceptors (Lipinski definition) is 2. The molecule has 0 heterocycles. The number of rotatable bonds is 1. The van der Waals surface area contributed by atoms with Crippen LogP contribution in [0.15, 0.2) is 11.4 Å². The van der Waals surface area contributed by atoms with E-state index in [1.165, 1.54) is 0 Å². The van der Waals surface area contributed by atoms with Gasteiger partial charge in [0.2, 0.25) is 5.83 Å². The second kappa shape index (κ2) is 3.43. The lowest BCUT2D eigenvalue weighted by Gasteiger charge is -1.89. The normalized spacial score (nSPS) is 11.1. The molecule has 0 aromatic heterocycles. The van der Waals surface area contributed by atoms with Crippen molar-refractivity contribution < 1.29 is 13.9 Å². The minimum atomic E-state index is -1.09. The van der Waals surface area contributed by atoms with Crippen LogP contribution in [0.1, 0.15) is 0 Å². The summed E-state index contributed by atoms with van der Waals surface area (Å²) in [4.78, 5) is 9.99. The fraction of sp³-hybridized carbons (Fsp3) is 0.250. The summed E-state index contributed by atoms with van der Waals surface area (Å²) < 4.78 is 15.7. The van der Waals surface area contributed by atoms with E-state index in [2.05, 4.69) is 4.74 Å². The first kappa shape index (κ1) is 7.43. The molecule has 0 aromatic carbocycles. The summed E-state index contributed by atoms with van der Waals surface area (Å²) in [6.45, 7) is 0. The molecule has 0 aliphatic rings. The quantitative estimate of drug-likeness (QED) is 0.402. The van der Waals surface area contributed by atoms with E-state index in [1.54, 1.807) is 0 Å². The highest BCUT2D eigenvalue weighted by atomic mass is 35.5. The highest BCUT2D eigenvalue weighted by Crippen LogP contribution is 1.99. The topological polar surface area (TPSA) is 26.3 Å². The average Bonchev–Trinajstić information content (AvgIpc) is 1.84. The molecule has 0 saturated carbocycles. The zero-order chi connectivity index (χ0) is 6.57. The number of carbonyl (C=O) groups excluding carboxylic acids is 1. The third-order valence-corrected chi connectivity index (χ3v) is 0.668. The molecule has 0 atom stereocenters. The monoisotopic (exact) mass is 138 g/mol. The van der Waals surface area contributed by atoms with Crippen molar-refractivity contribution in [2.75, 3.05) is 7.11 Å². The number of methoxy groups -OCH3 is 1. The van der Waals surface area contributed by atoms with Gasteiger partial charge in [-0.3, -0.25) is 0 Å². The van der Waals surface area contributed by atoms with Crippen LogP contribution in [-0.2, 0) is 9.53 Å². The Bertz CT molecular complexity index is 121. The number of ether oxygens (including phenoxy) is 1. The van der Waals surface area contributed by atoms with Crippen molar-refractivity contribution in [2.45, 2.75) is 0 Å². The fourth-order valence-electron chi connectivity index (χ4n) is 0.142. The summed E-state index contributed by atoms with van der Waals surface area (Å²) >= 11 is 4.79. The van der Waals surface area contributed by atoms with E-state index in [4.69, 9.17) is 11.6 Å². The Kier molecular flexibility index (Phi) is 3.19. The molecule has 0 saturated heterocycles. The first-order chi connectivity index (χ1) is 3.72. The van der Waals surface area contributed by atoms with Gasteiger partial charge in [0, 0.05) is 5.54 Å². The Morgan fingerprint density at radius 2 is 2.38 bits per heavy atom. The maximum absolute atomic E-state index is 11.8. The minimum Gasteiger partial charge on any atom is -0.464 e. The predicted octanol–water partition coefficient (Wildman–Crippen LogP) is 1.21. The maximum atomic E-state index is 11.8. The Hall–Kier alpha value is -0.570. The molecule has 46 valence electrons. The van der Waals surface area contributed by atoms with Crippen LogP contribution in [-0.4, -0.2) is 13.1 Å². The smallest absolute Gasteiger partial charge is 0.367 e. The molecule has 0 aliphatic heterocycles. The van der Waals surface area contributed by atoms with Gasteiger partial charge in [-0.2, -0.15) is 4.39 Å². The van der Waals surface area contributed by atoms with E-state index in [1.807, 2.05) is 0 Å². The van der Waals surface area contributed by atoms with Gasteiger partial charge in [0.1, 0.15) is 0 Å². The van der Waals surface area contributed by atoms with Gasteiger partial charge in [-0.05, 0) is 0 Å². The van der Waals surface area contributed by atoms with Crippen molar-refractivity contribution in [3.8, 4) is 0 Å². The van der Waals surface area contributed by atoms with Crippen molar-refractivity contribution in [2.24, 2.45) is 0 Å². The summed E-state index contributed by atoms with van der Waals surface area (Å²) in [6, 6.07) is 0. The van der Waals surface area contributed by atoms with Gasteiger partial charge < -0.3 is 4.74 Å². The van der Waals surface area contributed by atoms with E-state index in [0.717, 1.165) is 7.11 Å². The summed E-state index contributed by atoms with van der Waals surface area (Å²) in [5, 5.41) is 0. The first-order valence-electron chi connectivity index (χ1n) is 1.76. The van der Waals surface area contributed by atoms with Gasteiger partial charge in [0.15, 0.2) is 0 Å². The van der Waals surface area contributed by atoms with Crippen LogP contribution in [0.5, 0.6) is 0 Å². The second-order valence-corrected chi connectivity index (χ2v) is 1.17. The van der Waals surface area contributed by atoms with Crippen LogP contribution in [0.4, 0.5) is 4.39 Å². The Labute approximate surface area is 50.9 Å². The maximum Gasteiger partial charge on any atom is 0.367 e. The van der Waals surface area contributed by atoms with Crippen LogP contribution >= 0.6 is 11.6 Å². The van der Waals surface area contributed by atoms with Crippen LogP contribution in [0.2, 0.25) is 0 Å². The zero-order valence-corrected chi connectivity index (χ0v) is 4.91. The van der Waals surface area contributed by atoms with Gasteiger partial charge in [-0.1, -0.05) is 11.6 Å². The number of hydrogen-bond donors (Lipinski definition) is 0. The van der Waals surface area contributed by atoms with E-state index in [9.17, 15) is 9.18 Å². The summed E-state index contributed by atoms with van der Waals surface area (Å²) in [5.74, 6) is -2.14. The van der Waals surface area contributed by atoms with Crippen LogP contribution in [0, 0.1) is 0 Å². The second-order valence-electron chi connectivity index (χ2n) is 0.949. The molecule has 0 N–H and O–H groups in total. The predicted molar refractivity (Wildman–Crippen MR) is 27.1 cm³/mol. The lowest BCUT2D eigenvalue weighted by Crippen LogP contribution is -1.98. The third kappa shape index (κ3) is 1.93. The van der Waals surface area contributed by atoms with Crippen molar-refractivity contribution >= 4 is 17.6 Å². The third-order valence-electron chi connectivity index (χ3n) is 0.476. The van der Waals surface area contributed by atoms with Crippen molar-refractivity contribution in [3.63, 3.8) is 0 Å². The fourth-order valence-corrected chi connectivity index (χ4v) is 0.231. The molecular formula is C4H4ClFO2. The van der Waals surface area contributed by atoms with Gasteiger partial charge in [0.05, 0.1) is 7.11 Å². The van der Waals surface area contributed by atoms with E-state index in [0.29, 0.717) is 5.54 Å². The lowest BCUT2D eigenvalue weighted by molar-refractivity contribution is -0.137. The van der Waals surface area contributed by atoms with Gasteiger partial charge in [-0.25, -0.2) is 4.79 Å². The Morgan fingerprint density at radius 3 is 2.50 bits per heavy atom. The molecule has 0 amide bonds. The van der Waals surface area contributed by atoms with Crippen LogP contribution < -0.4 is 0 Å². The Balaban J connectivity index is 3.83. The molecule has 0 radical (unpaired) electrons. The van der Waals surface area contributed by atoms with E-state index >= 15 is 0 Å². The van der Waals surface area contributed by atoms with Crippen LogP contribution in [0.3, 0.4) is 0 Å². The summed E-state index contributed by atoms with van der Waals surface area (Å²) in [5.41, 5.74) is 0.520. The SMILES string of the molecule is COC(=O)C(F)=CCl. The van der Waals surface area contributed by atoms with Crippen molar-refractivity contribution in [3.05, 3.63) is 11.4 Å². The van der Waals surface area contributed by atoms with Crippen molar-refractivity contribution in [1.82, 2.24) is 0 Å². The summed E-state index contributed by atoms with van der Waals surface area (Å²) in [7, 11) is 1.07. The molecule has 0 aromatic rings. The van der Waals surface area contributed by atoms with Gasteiger partial charge in [0.25, 0.3) is 0 Å². The zero-order valence-electron chi connectivity index (χ0n) is 4.15. The van der Waals surface area contributed by atoms with E-state index in [-0.39, 0.29) is 0 Å². The average molecular weight is 139 g/mol. The molecule has 0 aliphatic carbocycles. The molecule has 8 heavy (non-hydrogen) atoms. The molecule has 4 heteroatoms. The molecule has 0 rings (SSSR count). The lowest BCUT2D eigenvalue weighted by atomic mass is 10.6. The minimum absolute atomic E-state index is 0.520. The molecule has 0 unspecified atom stereocenters. The largest absolute Gasteiger partial charge is 0.464 e. The number of carbonyl (C=O) groups is 1. The molecule has 0 spiro atoms.